The van der Waals surface area contributed by atoms with Gasteiger partial charge in [0.2, 0.25) is 0 Å². The molecular weight excluding hydrogens is 258 g/mol. The second-order valence-corrected chi connectivity index (χ2v) is 7.65. The molecule has 1 heterocycles. The third kappa shape index (κ3) is 5.61. The minimum atomic E-state index is -3.04. The van der Waals surface area contributed by atoms with Crippen LogP contribution in [0.25, 0.3) is 0 Å². The summed E-state index contributed by atoms with van der Waals surface area (Å²) < 4.78 is 23.3. The molecule has 0 radical (unpaired) electrons. The molecule has 1 aromatic rings. The molecule has 1 rings (SSSR count). The number of sulfone groups is 1. The molecule has 0 saturated heterocycles. The molecule has 0 aromatic carbocycles. The van der Waals surface area contributed by atoms with Crippen molar-refractivity contribution in [2.24, 2.45) is 5.92 Å². The van der Waals surface area contributed by atoms with Gasteiger partial charge in [0, 0.05) is 12.0 Å². The van der Waals surface area contributed by atoms with Crippen LogP contribution in [0, 0.1) is 12.8 Å². The van der Waals surface area contributed by atoms with Gasteiger partial charge in [0.25, 0.3) is 0 Å². The van der Waals surface area contributed by atoms with Crippen molar-refractivity contribution in [2.45, 2.75) is 26.7 Å². The summed E-state index contributed by atoms with van der Waals surface area (Å²) in [5.74, 6) is 0.0644. The first-order valence-corrected chi connectivity index (χ1v) is 8.35. The van der Waals surface area contributed by atoms with Gasteiger partial charge < -0.3 is 5.11 Å². The number of aromatic nitrogens is 1. The lowest BCUT2D eigenvalue weighted by molar-refractivity contribution is 0.249. The highest BCUT2D eigenvalue weighted by Crippen LogP contribution is 2.11. The van der Waals surface area contributed by atoms with Gasteiger partial charge in [-0.2, -0.15) is 0 Å². The molecular formula is C11H19NO3S2. The number of hydrogen-bond donors (Lipinski definition) is 1. The Labute approximate surface area is 107 Å². The Morgan fingerprint density at radius 1 is 1.53 bits per heavy atom. The maximum atomic E-state index is 11.7. The van der Waals surface area contributed by atoms with Gasteiger partial charge in [-0.25, -0.2) is 13.4 Å². The van der Waals surface area contributed by atoms with Crippen LogP contribution in [-0.4, -0.2) is 36.6 Å². The molecule has 17 heavy (non-hydrogen) atoms. The number of hydrogen-bond acceptors (Lipinski definition) is 5. The predicted molar refractivity (Wildman–Crippen MR) is 70.1 cm³/mol. The lowest BCUT2D eigenvalue weighted by Gasteiger charge is -2.08. The molecule has 4 nitrogen and oxygen atoms in total. The fraction of sp³-hybridized carbons (Fsp3) is 0.727. The zero-order chi connectivity index (χ0) is 12.9. The number of aliphatic hydroxyl groups excluding tert-OH is 1. The minimum absolute atomic E-state index is 0.0690. The van der Waals surface area contributed by atoms with Crippen molar-refractivity contribution in [3.63, 3.8) is 0 Å². The number of nitrogens with zero attached hydrogens (tertiary/aromatic N) is 1. The summed E-state index contributed by atoms with van der Waals surface area (Å²) in [5, 5.41) is 11.8. The average molecular weight is 277 g/mol. The van der Waals surface area contributed by atoms with E-state index in [4.69, 9.17) is 5.11 Å². The first kappa shape index (κ1) is 14.6. The van der Waals surface area contributed by atoms with Crippen LogP contribution >= 0.6 is 11.3 Å². The molecule has 0 bridgehead atoms. The average Bonchev–Trinajstić information content (AvgIpc) is 2.63. The van der Waals surface area contributed by atoms with E-state index in [1.54, 1.807) is 18.3 Å². The van der Waals surface area contributed by atoms with Crippen LogP contribution in [0.15, 0.2) is 5.38 Å². The van der Waals surface area contributed by atoms with Crippen molar-refractivity contribution in [1.29, 1.82) is 0 Å². The quantitative estimate of drug-likeness (QED) is 0.818. The number of rotatable bonds is 7. The van der Waals surface area contributed by atoms with E-state index in [0.29, 0.717) is 12.8 Å². The third-order valence-electron chi connectivity index (χ3n) is 2.40. The fourth-order valence-corrected chi connectivity index (χ4v) is 3.94. The van der Waals surface area contributed by atoms with Gasteiger partial charge in [-0.3, -0.25) is 0 Å². The van der Waals surface area contributed by atoms with Gasteiger partial charge in [0.1, 0.15) is 0 Å². The van der Waals surface area contributed by atoms with Gasteiger partial charge in [0.15, 0.2) is 9.84 Å². The Morgan fingerprint density at radius 2 is 2.24 bits per heavy atom. The molecule has 0 spiro atoms. The van der Waals surface area contributed by atoms with E-state index < -0.39 is 9.84 Å². The van der Waals surface area contributed by atoms with Crippen LogP contribution in [0.4, 0.5) is 0 Å². The van der Waals surface area contributed by atoms with Crippen LogP contribution in [0.2, 0.25) is 0 Å². The number of thiazole rings is 1. The zero-order valence-corrected chi connectivity index (χ0v) is 11.9. The van der Waals surface area contributed by atoms with Gasteiger partial charge >= 0.3 is 0 Å². The molecule has 1 aromatic heterocycles. The van der Waals surface area contributed by atoms with Gasteiger partial charge in [0.05, 0.1) is 22.2 Å². The molecule has 0 aliphatic rings. The Morgan fingerprint density at radius 3 is 2.76 bits per heavy atom. The smallest absolute Gasteiger partial charge is 0.150 e. The van der Waals surface area contributed by atoms with Crippen LogP contribution < -0.4 is 0 Å². The Balaban J connectivity index is 2.35. The molecule has 1 N–H and O–H groups in total. The Kier molecular flexibility index (Phi) is 5.55. The molecule has 1 unspecified atom stereocenters. The predicted octanol–water partition coefficient (Wildman–Crippen LogP) is 1.43. The first-order valence-electron chi connectivity index (χ1n) is 5.65. The Bertz CT molecular complexity index is 439. The van der Waals surface area contributed by atoms with E-state index in [-0.39, 0.29) is 24.0 Å². The zero-order valence-electron chi connectivity index (χ0n) is 10.2. The van der Waals surface area contributed by atoms with Crippen molar-refractivity contribution < 1.29 is 13.5 Å². The molecule has 0 aliphatic carbocycles. The summed E-state index contributed by atoms with van der Waals surface area (Å²) in [7, 11) is -3.04. The molecule has 1 atom stereocenters. The normalized spacial score (nSPS) is 13.8. The molecule has 0 amide bonds. The van der Waals surface area contributed by atoms with E-state index in [2.05, 4.69) is 4.98 Å². The SMILES string of the molecule is Cc1nc(CCCS(=O)(=O)CC(C)CO)cs1. The van der Waals surface area contributed by atoms with Crippen molar-refractivity contribution in [3.8, 4) is 0 Å². The molecule has 0 saturated carbocycles. The highest BCUT2D eigenvalue weighted by molar-refractivity contribution is 7.91. The van der Waals surface area contributed by atoms with E-state index in [1.807, 2.05) is 12.3 Å². The van der Waals surface area contributed by atoms with Crippen molar-refractivity contribution in [3.05, 3.63) is 16.1 Å². The van der Waals surface area contributed by atoms with E-state index >= 15 is 0 Å². The second-order valence-electron chi connectivity index (χ2n) is 4.36. The maximum Gasteiger partial charge on any atom is 0.150 e. The summed E-state index contributed by atoms with van der Waals surface area (Å²) in [5.41, 5.74) is 0.970. The topological polar surface area (TPSA) is 67.3 Å². The van der Waals surface area contributed by atoms with Crippen LogP contribution in [-0.2, 0) is 16.3 Å². The highest BCUT2D eigenvalue weighted by Gasteiger charge is 2.15. The minimum Gasteiger partial charge on any atom is -0.396 e. The molecule has 0 aliphatic heterocycles. The van der Waals surface area contributed by atoms with Gasteiger partial charge in [-0.15, -0.1) is 11.3 Å². The van der Waals surface area contributed by atoms with E-state index in [9.17, 15) is 8.42 Å². The summed E-state index contributed by atoms with van der Waals surface area (Å²) in [6, 6.07) is 0. The van der Waals surface area contributed by atoms with E-state index in [0.717, 1.165) is 10.7 Å². The molecule has 6 heteroatoms. The second kappa shape index (κ2) is 6.47. The first-order chi connectivity index (χ1) is 7.93. The summed E-state index contributed by atoms with van der Waals surface area (Å²) in [6.45, 7) is 3.60. The number of aryl methyl sites for hydroxylation is 2. The third-order valence-corrected chi connectivity index (χ3v) is 5.21. The monoisotopic (exact) mass is 277 g/mol. The Hall–Kier alpha value is -0.460. The van der Waals surface area contributed by atoms with Crippen molar-refractivity contribution in [2.75, 3.05) is 18.1 Å². The van der Waals surface area contributed by atoms with Gasteiger partial charge in [-0.05, 0) is 25.7 Å². The highest BCUT2D eigenvalue weighted by atomic mass is 32.2. The van der Waals surface area contributed by atoms with Crippen molar-refractivity contribution in [1.82, 2.24) is 4.98 Å². The van der Waals surface area contributed by atoms with Crippen molar-refractivity contribution >= 4 is 21.2 Å². The van der Waals surface area contributed by atoms with Crippen LogP contribution in [0.5, 0.6) is 0 Å². The number of aliphatic hydroxyl groups is 1. The lowest BCUT2D eigenvalue weighted by Crippen LogP contribution is -2.19. The van der Waals surface area contributed by atoms with Crippen LogP contribution in [0.1, 0.15) is 24.0 Å². The fourth-order valence-electron chi connectivity index (χ4n) is 1.57. The molecule has 0 fully saturated rings. The summed E-state index contributed by atoms with van der Waals surface area (Å²) in [4.78, 5) is 4.29. The van der Waals surface area contributed by atoms with Crippen LogP contribution in [0.3, 0.4) is 0 Å². The largest absolute Gasteiger partial charge is 0.396 e. The maximum absolute atomic E-state index is 11.7. The summed E-state index contributed by atoms with van der Waals surface area (Å²) in [6.07, 6.45) is 1.31. The summed E-state index contributed by atoms with van der Waals surface area (Å²) >= 11 is 1.58. The van der Waals surface area contributed by atoms with Gasteiger partial charge in [-0.1, -0.05) is 6.92 Å². The molecule has 98 valence electrons. The standard InChI is InChI=1S/C11H19NO3S2/c1-9(6-13)8-17(14,15)5-3-4-11-7-16-10(2)12-11/h7,9,13H,3-6,8H2,1-2H3. The van der Waals surface area contributed by atoms with E-state index in [1.165, 1.54) is 0 Å². The lowest BCUT2D eigenvalue weighted by atomic mass is 10.2.